The van der Waals surface area contributed by atoms with Crippen molar-refractivity contribution in [3.8, 4) is 0 Å². The van der Waals surface area contributed by atoms with Gasteiger partial charge in [0.1, 0.15) is 17.5 Å². The summed E-state index contributed by atoms with van der Waals surface area (Å²) in [5.41, 5.74) is 0. The maximum atomic E-state index is 13.5. The largest absolute Gasteiger partial charge is 0.310 e. The van der Waals surface area contributed by atoms with E-state index in [1.54, 1.807) is 19.1 Å². The van der Waals surface area contributed by atoms with Crippen molar-refractivity contribution < 1.29 is 13.6 Å². The monoisotopic (exact) mass is 328 g/mol. The number of nitrogens with zero attached hydrogens (tertiary/aromatic N) is 1. The molecule has 1 heterocycles. The third kappa shape index (κ3) is 4.41. The average Bonchev–Trinajstić information content (AvgIpc) is 2.45. The summed E-state index contributed by atoms with van der Waals surface area (Å²) in [6.07, 6.45) is 1.40. The Labute approximate surface area is 129 Å². The van der Waals surface area contributed by atoms with Crippen LogP contribution in [0.5, 0.6) is 0 Å². The summed E-state index contributed by atoms with van der Waals surface area (Å²) >= 11 is 6.63. The molecule has 0 bridgehead atoms. The Balaban J connectivity index is 2.02. The maximum Gasteiger partial charge on any atom is 0.238 e. The number of rotatable bonds is 4. The summed E-state index contributed by atoms with van der Waals surface area (Å²) in [7, 11) is 0. The standard InChI is InChI=1S/C14H11ClF2N2OS/c1-8(21-12-6-10(16)3-4-11(12)17)14(20)19-13-5-2-9(15)7-18-13/h2-8H,1H3,(H,18,19,20)/t8-/m0/s1. The second kappa shape index (κ2) is 6.87. The highest BCUT2D eigenvalue weighted by Crippen LogP contribution is 2.27. The Bertz CT molecular complexity index is 652. The van der Waals surface area contributed by atoms with Crippen molar-refractivity contribution in [1.82, 2.24) is 4.98 Å². The molecule has 0 unspecified atom stereocenters. The van der Waals surface area contributed by atoms with Crippen LogP contribution in [0.2, 0.25) is 5.02 Å². The highest BCUT2D eigenvalue weighted by molar-refractivity contribution is 8.00. The number of amides is 1. The molecule has 1 aromatic carbocycles. The third-order valence-corrected chi connectivity index (χ3v) is 3.90. The van der Waals surface area contributed by atoms with Crippen molar-refractivity contribution in [2.45, 2.75) is 17.1 Å². The smallest absolute Gasteiger partial charge is 0.238 e. The van der Waals surface area contributed by atoms with Gasteiger partial charge in [0.15, 0.2) is 0 Å². The summed E-state index contributed by atoms with van der Waals surface area (Å²) < 4.78 is 26.6. The Morgan fingerprint density at radius 1 is 1.33 bits per heavy atom. The Hall–Kier alpha value is -1.66. The van der Waals surface area contributed by atoms with Crippen LogP contribution in [-0.2, 0) is 4.79 Å². The number of nitrogens with one attached hydrogen (secondary N) is 1. The van der Waals surface area contributed by atoms with Gasteiger partial charge in [0.25, 0.3) is 0 Å². The molecule has 1 N–H and O–H groups in total. The van der Waals surface area contributed by atoms with Gasteiger partial charge in [-0.1, -0.05) is 11.6 Å². The van der Waals surface area contributed by atoms with Gasteiger partial charge in [-0.25, -0.2) is 13.8 Å². The minimum atomic E-state index is -0.612. The van der Waals surface area contributed by atoms with E-state index in [1.165, 1.54) is 6.20 Å². The minimum absolute atomic E-state index is 0.0849. The van der Waals surface area contributed by atoms with E-state index in [2.05, 4.69) is 10.3 Å². The van der Waals surface area contributed by atoms with Crippen molar-refractivity contribution in [1.29, 1.82) is 0 Å². The second-order valence-corrected chi connectivity index (χ2v) is 6.00. The van der Waals surface area contributed by atoms with Gasteiger partial charge in [0.2, 0.25) is 5.91 Å². The molecule has 7 heteroatoms. The van der Waals surface area contributed by atoms with Gasteiger partial charge in [0, 0.05) is 11.1 Å². The molecule has 0 saturated carbocycles. The lowest BCUT2D eigenvalue weighted by molar-refractivity contribution is -0.115. The molecule has 0 aliphatic carbocycles. The fourth-order valence-corrected chi connectivity index (χ4v) is 2.51. The van der Waals surface area contributed by atoms with E-state index in [0.29, 0.717) is 10.8 Å². The van der Waals surface area contributed by atoms with Gasteiger partial charge in [-0.3, -0.25) is 4.79 Å². The number of hydrogen-bond donors (Lipinski definition) is 1. The van der Waals surface area contributed by atoms with Crippen LogP contribution < -0.4 is 5.32 Å². The number of benzene rings is 1. The van der Waals surface area contributed by atoms with Gasteiger partial charge in [-0.2, -0.15) is 0 Å². The maximum absolute atomic E-state index is 13.5. The van der Waals surface area contributed by atoms with E-state index in [0.717, 1.165) is 30.0 Å². The number of aromatic nitrogens is 1. The molecule has 1 aromatic heterocycles. The first-order valence-electron chi connectivity index (χ1n) is 6.00. The van der Waals surface area contributed by atoms with Crippen LogP contribution in [0.3, 0.4) is 0 Å². The Morgan fingerprint density at radius 2 is 2.10 bits per heavy atom. The average molecular weight is 329 g/mol. The van der Waals surface area contributed by atoms with Crippen molar-refractivity contribution in [3.05, 3.63) is 53.2 Å². The van der Waals surface area contributed by atoms with Crippen LogP contribution >= 0.6 is 23.4 Å². The van der Waals surface area contributed by atoms with Gasteiger partial charge in [-0.15, -0.1) is 11.8 Å². The van der Waals surface area contributed by atoms with Gasteiger partial charge in [-0.05, 0) is 37.3 Å². The molecule has 21 heavy (non-hydrogen) atoms. The number of pyridine rings is 1. The van der Waals surface area contributed by atoms with Crippen LogP contribution in [-0.4, -0.2) is 16.1 Å². The highest BCUT2D eigenvalue weighted by Gasteiger charge is 2.17. The van der Waals surface area contributed by atoms with Crippen molar-refractivity contribution in [2.75, 3.05) is 5.32 Å². The number of carbonyl (C=O) groups is 1. The molecule has 3 nitrogen and oxygen atoms in total. The summed E-state index contributed by atoms with van der Waals surface area (Å²) in [5.74, 6) is -1.13. The fourth-order valence-electron chi connectivity index (χ4n) is 1.49. The van der Waals surface area contributed by atoms with Crippen LogP contribution in [0.25, 0.3) is 0 Å². The lowest BCUT2D eigenvalue weighted by Gasteiger charge is -2.12. The first-order valence-corrected chi connectivity index (χ1v) is 7.25. The van der Waals surface area contributed by atoms with E-state index in [4.69, 9.17) is 11.6 Å². The zero-order chi connectivity index (χ0) is 15.4. The molecule has 0 radical (unpaired) electrons. The molecular weight excluding hydrogens is 318 g/mol. The van der Waals surface area contributed by atoms with E-state index >= 15 is 0 Å². The molecule has 1 amide bonds. The second-order valence-electron chi connectivity index (χ2n) is 4.19. The molecular formula is C14H11ClF2N2OS. The Kier molecular flexibility index (Phi) is 5.14. The SMILES string of the molecule is C[C@H](Sc1cc(F)ccc1F)C(=O)Nc1ccc(Cl)cn1. The number of anilines is 1. The molecule has 110 valence electrons. The van der Waals surface area contributed by atoms with Crippen LogP contribution in [0, 0.1) is 11.6 Å². The molecule has 2 rings (SSSR count). The lowest BCUT2D eigenvalue weighted by Crippen LogP contribution is -2.23. The number of thioether (sulfide) groups is 1. The summed E-state index contributed by atoms with van der Waals surface area (Å²) in [5, 5.41) is 2.42. The first kappa shape index (κ1) is 15.7. The molecule has 0 aliphatic rings. The predicted molar refractivity (Wildman–Crippen MR) is 79.6 cm³/mol. The van der Waals surface area contributed by atoms with Crippen LogP contribution in [0.15, 0.2) is 41.4 Å². The van der Waals surface area contributed by atoms with E-state index in [1.807, 2.05) is 0 Å². The van der Waals surface area contributed by atoms with E-state index in [9.17, 15) is 13.6 Å². The van der Waals surface area contributed by atoms with Gasteiger partial charge >= 0.3 is 0 Å². The number of carbonyl (C=O) groups excluding carboxylic acids is 1. The topological polar surface area (TPSA) is 42.0 Å². The molecule has 0 spiro atoms. The van der Waals surface area contributed by atoms with Crippen molar-refractivity contribution in [3.63, 3.8) is 0 Å². The summed E-state index contributed by atoms with van der Waals surface area (Å²) in [6.45, 7) is 1.60. The van der Waals surface area contributed by atoms with Gasteiger partial charge < -0.3 is 5.32 Å². The number of hydrogen-bond acceptors (Lipinski definition) is 3. The normalized spacial score (nSPS) is 12.0. The fraction of sp³-hybridized carbons (Fsp3) is 0.143. The predicted octanol–water partition coefficient (Wildman–Crippen LogP) is 4.13. The van der Waals surface area contributed by atoms with Gasteiger partial charge in [0.05, 0.1) is 10.3 Å². The summed E-state index contributed by atoms with van der Waals surface area (Å²) in [4.78, 5) is 16.0. The zero-order valence-corrected chi connectivity index (χ0v) is 12.5. The molecule has 1 atom stereocenters. The number of halogens is 3. The van der Waals surface area contributed by atoms with Crippen LogP contribution in [0.1, 0.15) is 6.92 Å². The van der Waals surface area contributed by atoms with Crippen LogP contribution in [0.4, 0.5) is 14.6 Å². The first-order chi connectivity index (χ1) is 9.95. The van der Waals surface area contributed by atoms with E-state index in [-0.39, 0.29) is 10.8 Å². The molecule has 0 aliphatic heterocycles. The zero-order valence-electron chi connectivity index (χ0n) is 10.9. The van der Waals surface area contributed by atoms with Crippen molar-refractivity contribution >= 4 is 35.1 Å². The highest BCUT2D eigenvalue weighted by atomic mass is 35.5. The minimum Gasteiger partial charge on any atom is -0.310 e. The quantitative estimate of drug-likeness (QED) is 0.858. The Morgan fingerprint density at radius 3 is 2.76 bits per heavy atom. The summed E-state index contributed by atoms with van der Waals surface area (Å²) in [6, 6.07) is 6.27. The lowest BCUT2D eigenvalue weighted by atomic mass is 10.3. The van der Waals surface area contributed by atoms with E-state index < -0.39 is 16.9 Å². The molecule has 0 fully saturated rings. The third-order valence-electron chi connectivity index (χ3n) is 2.54. The van der Waals surface area contributed by atoms with Crippen molar-refractivity contribution in [2.24, 2.45) is 0 Å². The molecule has 2 aromatic rings. The molecule has 0 saturated heterocycles.